The molecule has 0 saturated carbocycles. The number of anilines is 1. The SMILES string of the molecule is CCNC(=NCCC(=O)N1CCN(c2ccccc2)CC1)NCCc1ccccc1OC. The Morgan fingerprint density at radius 1 is 1.00 bits per heavy atom. The molecule has 2 N–H and O–H groups in total. The molecule has 172 valence electrons. The Morgan fingerprint density at radius 3 is 2.44 bits per heavy atom. The van der Waals surface area contributed by atoms with Crippen molar-refractivity contribution < 1.29 is 9.53 Å². The number of carbonyl (C=O) groups is 1. The van der Waals surface area contributed by atoms with E-state index in [4.69, 9.17) is 4.74 Å². The van der Waals surface area contributed by atoms with Crippen LogP contribution in [-0.2, 0) is 11.2 Å². The largest absolute Gasteiger partial charge is 0.496 e. The van der Waals surface area contributed by atoms with Crippen molar-refractivity contribution in [3.8, 4) is 5.75 Å². The highest BCUT2D eigenvalue weighted by molar-refractivity contribution is 5.81. The van der Waals surface area contributed by atoms with Gasteiger partial charge in [-0.15, -0.1) is 0 Å². The Kier molecular flexibility index (Phi) is 9.22. The van der Waals surface area contributed by atoms with Gasteiger partial charge in [-0.05, 0) is 37.1 Å². The molecule has 2 aromatic carbocycles. The third-order valence-electron chi connectivity index (χ3n) is 5.57. The number of carbonyl (C=O) groups excluding carboxylic acids is 1. The fraction of sp³-hybridized carbons (Fsp3) is 0.440. The fourth-order valence-electron chi connectivity index (χ4n) is 3.84. The number of hydrogen-bond acceptors (Lipinski definition) is 4. The van der Waals surface area contributed by atoms with Gasteiger partial charge >= 0.3 is 0 Å². The zero-order valence-electron chi connectivity index (χ0n) is 19.2. The number of para-hydroxylation sites is 2. The number of hydrogen-bond donors (Lipinski definition) is 2. The van der Waals surface area contributed by atoms with Crippen molar-refractivity contribution in [1.82, 2.24) is 15.5 Å². The summed E-state index contributed by atoms with van der Waals surface area (Å²) in [6, 6.07) is 18.4. The number of aliphatic imine (C=N–C) groups is 1. The first-order valence-electron chi connectivity index (χ1n) is 11.4. The molecular weight excluding hydrogens is 402 g/mol. The van der Waals surface area contributed by atoms with Crippen LogP contribution in [0.4, 0.5) is 5.69 Å². The fourth-order valence-corrected chi connectivity index (χ4v) is 3.84. The maximum absolute atomic E-state index is 12.6. The smallest absolute Gasteiger partial charge is 0.224 e. The number of nitrogens with one attached hydrogen (secondary N) is 2. The summed E-state index contributed by atoms with van der Waals surface area (Å²) in [4.78, 5) is 21.5. The summed E-state index contributed by atoms with van der Waals surface area (Å²) in [5.41, 5.74) is 2.38. The number of ether oxygens (including phenoxy) is 1. The lowest BCUT2D eigenvalue weighted by atomic mass is 10.1. The Hall–Kier alpha value is -3.22. The molecule has 1 aliphatic rings. The van der Waals surface area contributed by atoms with Crippen LogP contribution in [0, 0.1) is 0 Å². The predicted molar refractivity (Wildman–Crippen MR) is 131 cm³/mol. The van der Waals surface area contributed by atoms with E-state index in [-0.39, 0.29) is 5.91 Å². The molecule has 3 rings (SSSR count). The molecule has 1 saturated heterocycles. The Bertz CT molecular complexity index is 864. The number of amides is 1. The second-order valence-corrected chi connectivity index (χ2v) is 7.70. The molecule has 0 aromatic heterocycles. The second kappa shape index (κ2) is 12.6. The van der Waals surface area contributed by atoms with Gasteiger partial charge in [0, 0.05) is 51.4 Å². The van der Waals surface area contributed by atoms with Gasteiger partial charge in [-0.2, -0.15) is 0 Å². The van der Waals surface area contributed by atoms with E-state index < -0.39 is 0 Å². The number of methoxy groups -OCH3 is 1. The molecule has 0 spiro atoms. The predicted octanol–water partition coefficient (Wildman–Crippen LogP) is 2.53. The zero-order chi connectivity index (χ0) is 22.6. The molecule has 7 heteroatoms. The van der Waals surface area contributed by atoms with Crippen LogP contribution < -0.4 is 20.3 Å². The first kappa shape index (κ1) is 23.4. The van der Waals surface area contributed by atoms with Gasteiger partial charge in [0.1, 0.15) is 5.75 Å². The minimum absolute atomic E-state index is 0.173. The minimum Gasteiger partial charge on any atom is -0.496 e. The highest BCUT2D eigenvalue weighted by atomic mass is 16.5. The lowest BCUT2D eigenvalue weighted by molar-refractivity contribution is -0.131. The zero-order valence-corrected chi connectivity index (χ0v) is 19.2. The maximum Gasteiger partial charge on any atom is 0.224 e. The summed E-state index contributed by atoms with van der Waals surface area (Å²) >= 11 is 0. The summed E-state index contributed by atoms with van der Waals surface area (Å²) in [7, 11) is 1.69. The van der Waals surface area contributed by atoms with Gasteiger partial charge in [0.25, 0.3) is 0 Å². The van der Waals surface area contributed by atoms with Gasteiger partial charge in [0.2, 0.25) is 5.91 Å². The molecule has 1 aliphatic heterocycles. The lowest BCUT2D eigenvalue weighted by Crippen LogP contribution is -2.49. The molecule has 1 heterocycles. The van der Waals surface area contributed by atoms with E-state index in [0.717, 1.165) is 63.0 Å². The molecule has 0 unspecified atom stereocenters. The molecule has 7 nitrogen and oxygen atoms in total. The van der Waals surface area contributed by atoms with Gasteiger partial charge in [-0.3, -0.25) is 9.79 Å². The average molecular weight is 438 g/mol. The topological polar surface area (TPSA) is 69.2 Å². The van der Waals surface area contributed by atoms with Crippen molar-refractivity contribution in [3.05, 3.63) is 60.2 Å². The molecule has 0 atom stereocenters. The molecule has 0 bridgehead atoms. The Morgan fingerprint density at radius 2 is 1.72 bits per heavy atom. The lowest BCUT2D eigenvalue weighted by Gasteiger charge is -2.36. The van der Waals surface area contributed by atoms with Crippen LogP contribution in [-0.4, -0.2) is 69.7 Å². The summed E-state index contributed by atoms with van der Waals surface area (Å²) in [6.45, 7) is 7.27. The molecule has 1 amide bonds. The van der Waals surface area contributed by atoms with Crippen molar-refractivity contribution in [2.75, 3.05) is 57.8 Å². The molecule has 0 aliphatic carbocycles. The van der Waals surface area contributed by atoms with E-state index in [1.54, 1.807) is 7.11 Å². The van der Waals surface area contributed by atoms with Crippen LogP contribution in [0.25, 0.3) is 0 Å². The van der Waals surface area contributed by atoms with Crippen LogP contribution in [0.15, 0.2) is 59.6 Å². The van der Waals surface area contributed by atoms with Gasteiger partial charge in [-0.1, -0.05) is 36.4 Å². The quantitative estimate of drug-likeness (QED) is 0.466. The average Bonchev–Trinajstić information content (AvgIpc) is 2.85. The Labute approximate surface area is 191 Å². The highest BCUT2D eigenvalue weighted by Crippen LogP contribution is 2.17. The van der Waals surface area contributed by atoms with Crippen molar-refractivity contribution in [1.29, 1.82) is 0 Å². The molecule has 1 fully saturated rings. The number of guanidine groups is 1. The third kappa shape index (κ3) is 6.90. The minimum atomic E-state index is 0.173. The summed E-state index contributed by atoms with van der Waals surface area (Å²) in [6.07, 6.45) is 1.26. The first-order valence-corrected chi connectivity index (χ1v) is 11.4. The molecular formula is C25H35N5O2. The monoisotopic (exact) mass is 437 g/mol. The van der Waals surface area contributed by atoms with E-state index in [0.29, 0.717) is 13.0 Å². The standard InChI is InChI=1S/C25H35N5O2/c1-3-26-25(27-15-13-21-9-7-8-12-23(21)32-2)28-16-14-24(31)30-19-17-29(18-20-30)22-10-5-4-6-11-22/h4-12H,3,13-20H2,1-2H3,(H2,26,27,28). The third-order valence-corrected chi connectivity index (χ3v) is 5.57. The van der Waals surface area contributed by atoms with Crippen molar-refractivity contribution in [2.24, 2.45) is 4.99 Å². The van der Waals surface area contributed by atoms with Gasteiger partial charge in [-0.25, -0.2) is 0 Å². The van der Waals surface area contributed by atoms with E-state index in [1.165, 1.54) is 5.69 Å². The van der Waals surface area contributed by atoms with Crippen LogP contribution in [0.1, 0.15) is 18.9 Å². The highest BCUT2D eigenvalue weighted by Gasteiger charge is 2.20. The van der Waals surface area contributed by atoms with Crippen molar-refractivity contribution in [2.45, 2.75) is 19.8 Å². The van der Waals surface area contributed by atoms with Gasteiger partial charge in [0.05, 0.1) is 13.7 Å². The van der Waals surface area contributed by atoms with Crippen molar-refractivity contribution in [3.63, 3.8) is 0 Å². The van der Waals surface area contributed by atoms with E-state index in [2.05, 4.69) is 50.9 Å². The van der Waals surface area contributed by atoms with Crippen LogP contribution in [0.5, 0.6) is 5.75 Å². The van der Waals surface area contributed by atoms with Gasteiger partial charge in [0.15, 0.2) is 5.96 Å². The number of benzene rings is 2. The second-order valence-electron chi connectivity index (χ2n) is 7.70. The van der Waals surface area contributed by atoms with E-state index in [9.17, 15) is 4.79 Å². The number of rotatable bonds is 9. The number of nitrogens with zero attached hydrogens (tertiary/aromatic N) is 3. The van der Waals surface area contributed by atoms with E-state index >= 15 is 0 Å². The summed E-state index contributed by atoms with van der Waals surface area (Å²) in [5.74, 6) is 1.81. The van der Waals surface area contributed by atoms with Crippen LogP contribution in [0.2, 0.25) is 0 Å². The molecule has 2 aromatic rings. The maximum atomic E-state index is 12.6. The molecule has 32 heavy (non-hydrogen) atoms. The Balaban J connectivity index is 1.41. The first-order chi connectivity index (χ1) is 15.7. The van der Waals surface area contributed by atoms with Crippen LogP contribution >= 0.6 is 0 Å². The molecule has 0 radical (unpaired) electrons. The van der Waals surface area contributed by atoms with Gasteiger partial charge < -0.3 is 25.2 Å². The number of piperazine rings is 1. The van der Waals surface area contributed by atoms with Crippen molar-refractivity contribution >= 4 is 17.6 Å². The summed E-state index contributed by atoms with van der Waals surface area (Å²) in [5, 5.41) is 6.60. The normalized spacial score (nSPS) is 14.2. The van der Waals surface area contributed by atoms with E-state index in [1.807, 2.05) is 36.1 Å². The van der Waals surface area contributed by atoms with Crippen LogP contribution in [0.3, 0.4) is 0 Å². The summed E-state index contributed by atoms with van der Waals surface area (Å²) < 4.78 is 5.41.